The number of carbonyl (C=O) groups is 2. The number of rotatable bonds is 8. The smallest absolute Gasteiger partial charge is 0.337 e. The predicted octanol–water partition coefficient (Wildman–Crippen LogP) is 1.35. The Kier molecular flexibility index (Phi) is 6.94. The lowest BCUT2D eigenvalue weighted by Gasteiger charge is -2.09. The molecule has 0 radical (unpaired) electrons. The molecular formula is C19H24NO6+. The number of carbonyl (C=O) groups excluding carboxylic acids is 2. The lowest BCUT2D eigenvalue weighted by molar-refractivity contribution is -0.707. The van der Waals surface area contributed by atoms with E-state index in [0.717, 1.165) is 12.2 Å². The largest absolute Gasteiger partial charge is 0.465 e. The van der Waals surface area contributed by atoms with Gasteiger partial charge in [-0.05, 0) is 36.8 Å². The fraction of sp³-hybridized carbons (Fsp3) is 0.368. The Morgan fingerprint density at radius 2 is 1.73 bits per heavy atom. The maximum atomic E-state index is 11.9. The topological polar surface area (TPSA) is 103 Å². The van der Waals surface area contributed by atoms with Crippen molar-refractivity contribution < 1.29 is 33.9 Å². The number of benzene rings is 1. The quantitative estimate of drug-likeness (QED) is 0.687. The van der Waals surface area contributed by atoms with E-state index < -0.39 is 11.9 Å². The summed E-state index contributed by atoms with van der Waals surface area (Å²) in [7, 11) is 2.55. The molecule has 1 heterocycles. The van der Waals surface area contributed by atoms with Crippen molar-refractivity contribution in [2.45, 2.75) is 25.9 Å². The molecule has 1 aromatic carbocycles. The van der Waals surface area contributed by atoms with Gasteiger partial charge >= 0.3 is 11.9 Å². The van der Waals surface area contributed by atoms with E-state index in [-0.39, 0.29) is 23.8 Å². The summed E-state index contributed by atoms with van der Waals surface area (Å²) in [4.78, 5) is 23.8. The highest BCUT2D eigenvalue weighted by molar-refractivity contribution is 5.97. The zero-order chi connectivity index (χ0) is 19.1. The van der Waals surface area contributed by atoms with Crippen molar-refractivity contribution in [1.82, 2.24) is 0 Å². The second kappa shape index (κ2) is 9.17. The SMILES string of the molecule is CC[C@H](CO)[NH2+]Cc1ccc(-c2cc(C(=O)OC)cc(C(=O)OC)c2)o1. The number of methoxy groups -OCH3 is 2. The molecule has 7 nitrogen and oxygen atoms in total. The first-order valence-corrected chi connectivity index (χ1v) is 8.37. The molecule has 0 aliphatic heterocycles. The maximum absolute atomic E-state index is 11.9. The molecule has 0 saturated carbocycles. The Labute approximate surface area is 151 Å². The Morgan fingerprint density at radius 3 is 2.23 bits per heavy atom. The first kappa shape index (κ1) is 19.7. The Morgan fingerprint density at radius 1 is 1.12 bits per heavy atom. The third-order valence-electron chi connectivity index (χ3n) is 4.13. The zero-order valence-electron chi connectivity index (χ0n) is 15.2. The van der Waals surface area contributed by atoms with Crippen LogP contribution in [-0.2, 0) is 16.0 Å². The van der Waals surface area contributed by atoms with Crippen molar-refractivity contribution in [2.24, 2.45) is 0 Å². The minimum Gasteiger partial charge on any atom is -0.465 e. The molecule has 0 fully saturated rings. The maximum Gasteiger partial charge on any atom is 0.337 e. The van der Waals surface area contributed by atoms with E-state index in [1.54, 1.807) is 18.2 Å². The lowest BCUT2D eigenvalue weighted by atomic mass is 10.0. The molecule has 3 N–H and O–H groups in total. The van der Waals surface area contributed by atoms with Crippen molar-refractivity contribution >= 4 is 11.9 Å². The van der Waals surface area contributed by atoms with Crippen LogP contribution in [0.1, 0.15) is 39.8 Å². The number of hydrogen-bond acceptors (Lipinski definition) is 6. The van der Waals surface area contributed by atoms with Crippen LogP contribution in [0.2, 0.25) is 0 Å². The van der Waals surface area contributed by atoms with E-state index in [2.05, 4.69) is 0 Å². The highest BCUT2D eigenvalue weighted by Crippen LogP contribution is 2.25. The van der Waals surface area contributed by atoms with Gasteiger partial charge in [-0.25, -0.2) is 9.59 Å². The number of quaternary nitrogens is 1. The van der Waals surface area contributed by atoms with Crippen LogP contribution < -0.4 is 5.32 Å². The molecule has 0 aliphatic rings. The molecule has 1 aromatic heterocycles. The molecule has 0 unspecified atom stereocenters. The molecule has 0 aliphatic carbocycles. The van der Waals surface area contributed by atoms with E-state index >= 15 is 0 Å². The van der Waals surface area contributed by atoms with Crippen LogP contribution in [0.15, 0.2) is 34.7 Å². The van der Waals surface area contributed by atoms with E-state index in [9.17, 15) is 14.7 Å². The van der Waals surface area contributed by atoms with E-state index in [0.29, 0.717) is 17.9 Å². The number of aliphatic hydroxyl groups excluding tert-OH is 1. The Hall–Kier alpha value is -2.64. The van der Waals surface area contributed by atoms with Gasteiger partial charge in [0.25, 0.3) is 0 Å². The summed E-state index contributed by atoms with van der Waals surface area (Å²) in [5, 5.41) is 11.3. The molecular weight excluding hydrogens is 338 g/mol. The summed E-state index contributed by atoms with van der Waals surface area (Å²) in [6, 6.07) is 8.36. The molecule has 1 atom stereocenters. The second-order valence-electron chi connectivity index (χ2n) is 5.84. The summed E-state index contributed by atoms with van der Waals surface area (Å²) in [6.07, 6.45) is 0.855. The van der Waals surface area contributed by atoms with Gasteiger partial charge < -0.3 is 24.3 Å². The third kappa shape index (κ3) is 4.71. The molecule has 0 spiro atoms. The van der Waals surface area contributed by atoms with Gasteiger partial charge in [-0.15, -0.1) is 0 Å². The monoisotopic (exact) mass is 362 g/mol. The van der Waals surface area contributed by atoms with Crippen molar-refractivity contribution in [3.05, 3.63) is 47.2 Å². The molecule has 7 heteroatoms. The van der Waals surface area contributed by atoms with Crippen LogP contribution in [-0.4, -0.2) is 43.9 Å². The van der Waals surface area contributed by atoms with Crippen LogP contribution in [0.5, 0.6) is 0 Å². The average Bonchev–Trinajstić information content (AvgIpc) is 3.16. The highest BCUT2D eigenvalue weighted by atomic mass is 16.5. The van der Waals surface area contributed by atoms with Gasteiger partial charge in [0.15, 0.2) is 5.76 Å². The van der Waals surface area contributed by atoms with Gasteiger partial charge in [-0.3, -0.25) is 0 Å². The van der Waals surface area contributed by atoms with Crippen LogP contribution >= 0.6 is 0 Å². The fourth-order valence-corrected chi connectivity index (χ4v) is 2.54. The Bertz CT molecular complexity index is 729. The zero-order valence-corrected chi connectivity index (χ0v) is 15.2. The van der Waals surface area contributed by atoms with Crippen LogP contribution in [0.25, 0.3) is 11.3 Å². The third-order valence-corrected chi connectivity index (χ3v) is 4.13. The van der Waals surface area contributed by atoms with Crippen molar-refractivity contribution in [3.8, 4) is 11.3 Å². The Balaban J connectivity index is 2.29. The van der Waals surface area contributed by atoms with Crippen molar-refractivity contribution in [3.63, 3.8) is 0 Å². The summed E-state index contributed by atoms with van der Waals surface area (Å²) in [5.41, 5.74) is 1.05. The van der Waals surface area contributed by atoms with E-state index in [1.807, 2.05) is 18.3 Å². The van der Waals surface area contributed by atoms with E-state index in [4.69, 9.17) is 13.9 Å². The molecule has 2 aromatic rings. The first-order valence-electron chi connectivity index (χ1n) is 8.37. The van der Waals surface area contributed by atoms with Gasteiger partial charge in [-0.2, -0.15) is 0 Å². The minimum absolute atomic E-state index is 0.105. The number of furan rings is 1. The standard InChI is InChI=1S/C19H23NO6/c1-4-15(11-21)20-10-16-5-6-17(26-16)12-7-13(18(22)24-2)9-14(8-12)19(23)25-3/h5-9,15,20-21H,4,10-11H2,1-3H3/p+1/t15-/m1/s1. The summed E-state index contributed by atoms with van der Waals surface area (Å²) in [5.74, 6) is 0.160. The number of ether oxygens (including phenoxy) is 2. The molecule has 140 valence electrons. The first-order chi connectivity index (χ1) is 12.5. The molecule has 26 heavy (non-hydrogen) atoms. The normalized spacial score (nSPS) is 11.8. The van der Waals surface area contributed by atoms with Gasteiger partial charge in [0.05, 0.1) is 32.0 Å². The number of hydrogen-bond donors (Lipinski definition) is 2. The van der Waals surface area contributed by atoms with Crippen LogP contribution in [0.4, 0.5) is 0 Å². The van der Waals surface area contributed by atoms with E-state index in [1.165, 1.54) is 20.3 Å². The number of nitrogens with two attached hydrogens (primary N) is 1. The number of esters is 2. The second-order valence-corrected chi connectivity index (χ2v) is 5.84. The molecule has 0 bridgehead atoms. The van der Waals surface area contributed by atoms with Gasteiger partial charge in [0, 0.05) is 5.56 Å². The molecule has 2 rings (SSSR count). The van der Waals surface area contributed by atoms with Gasteiger partial charge in [-0.1, -0.05) is 6.92 Å². The fourth-order valence-electron chi connectivity index (χ4n) is 2.54. The van der Waals surface area contributed by atoms with Crippen LogP contribution in [0, 0.1) is 0 Å². The van der Waals surface area contributed by atoms with Crippen molar-refractivity contribution in [2.75, 3.05) is 20.8 Å². The van der Waals surface area contributed by atoms with Gasteiger partial charge in [0.2, 0.25) is 0 Å². The summed E-state index contributed by atoms with van der Waals surface area (Å²) >= 11 is 0. The minimum atomic E-state index is -0.550. The highest BCUT2D eigenvalue weighted by Gasteiger charge is 2.17. The lowest BCUT2D eigenvalue weighted by Crippen LogP contribution is -2.89. The summed E-state index contributed by atoms with van der Waals surface area (Å²) < 4.78 is 15.3. The van der Waals surface area contributed by atoms with Crippen LogP contribution in [0.3, 0.4) is 0 Å². The van der Waals surface area contributed by atoms with Gasteiger partial charge in [0.1, 0.15) is 18.3 Å². The number of aliphatic hydroxyl groups is 1. The average molecular weight is 362 g/mol. The predicted molar refractivity (Wildman–Crippen MR) is 93.6 cm³/mol. The summed E-state index contributed by atoms with van der Waals surface area (Å²) in [6.45, 7) is 2.70. The molecule has 0 saturated heterocycles. The van der Waals surface area contributed by atoms with Crippen molar-refractivity contribution in [1.29, 1.82) is 0 Å². The molecule has 0 amide bonds.